The van der Waals surface area contributed by atoms with E-state index in [2.05, 4.69) is 76.2 Å². The van der Waals surface area contributed by atoms with Crippen LogP contribution in [0.5, 0.6) is 0 Å². The summed E-state index contributed by atoms with van der Waals surface area (Å²) < 4.78 is 2.31. The monoisotopic (exact) mass is 509 g/mol. The first-order valence-electron chi connectivity index (χ1n) is 12.5. The van der Waals surface area contributed by atoms with Gasteiger partial charge in [0.05, 0.1) is 17.8 Å². The fourth-order valence-corrected chi connectivity index (χ4v) is 5.57. The van der Waals surface area contributed by atoms with Crippen LogP contribution >= 0.6 is 12.2 Å². The number of carbonyl (C=O) groups is 1. The smallest absolute Gasteiger partial charge is 0.221 e. The largest absolute Gasteiger partial charge is 0.351 e. The van der Waals surface area contributed by atoms with E-state index in [-0.39, 0.29) is 18.0 Å². The molecule has 1 amide bonds. The Morgan fingerprint density at radius 2 is 1.73 bits per heavy atom. The lowest BCUT2D eigenvalue weighted by atomic mass is 9.96. The van der Waals surface area contributed by atoms with E-state index in [1.165, 1.54) is 23.7 Å². The van der Waals surface area contributed by atoms with Crippen molar-refractivity contribution in [2.45, 2.75) is 46.2 Å². The molecule has 188 valence electrons. The summed E-state index contributed by atoms with van der Waals surface area (Å²) in [5.41, 5.74) is 8.62. The van der Waals surface area contributed by atoms with Crippen molar-refractivity contribution < 1.29 is 4.79 Å². The Hall–Kier alpha value is -3.97. The number of aromatic nitrogens is 2. The maximum atomic E-state index is 11.5. The minimum absolute atomic E-state index is 0.0985. The molecule has 0 spiro atoms. The Morgan fingerprint density at radius 1 is 1.03 bits per heavy atom. The maximum Gasteiger partial charge on any atom is 0.221 e. The Bertz CT molecular complexity index is 1430. The summed E-state index contributed by atoms with van der Waals surface area (Å²) >= 11 is 5.89. The molecule has 2 aromatic carbocycles. The number of rotatable bonds is 6. The average Bonchev–Trinajstić information content (AvgIpc) is 3.39. The van der Waals surface area contributed by atoms with Crippen LogP contribution in [0.4, 0.5) is 11.4 Å². The van der Waals surface area contributed by atoms with Gasteiger partial charge in [0.1, 0.15) is 0 Å². The minimum Gasteiger partial charge on any atom is -0.351 e. The number of carbonyl (C=O) groups excluding carboxylic acids is 1. The van der Waals surface area contributed by atoms with Crippen LogP contribution in [0.1, 0.15) is 54.1 Å². The number of hydrogen-bond acceptors (Lipinski definition) is 3. The predicted octanol–water partition coefficient (Wildman–Crippen LogP) is 6.19. The highest BCUT2D eigenvalue weighted by Gasteiger charge is 2.42. The van der Waals surface area contributed by atoms with E-state index in [9.17, 15) is 4.79 Å². The number of pyridine rings is 1. The van der Waals surface area contributed by atoms with Gasteiger partial charge in [0.2, 0.25) is 5.91 Å². The van der Waals surface area contributed by atoms with Gasteiger partial charge in [0.25, 0.3) is 0 Å². The van der Waals surface area contributed by atoms with Crippen LogP contribution in [-0.2, 0) is 11.2 Å². The quantitative estimate of drug-likeness (QED) is 0.304. The van der Waals surface area contributed by atoms with Gasteiger partial charge in [-0.2, -0.15) is 0 Å². The summed E-state index contributed by atoms with van der Waals surface area (Å²) in [4.78, 5) is 18.4. The van der Waals surface area contributed by atoms with Crippen molar-refractivity contribution in [1.29, 1.82) is 0 Å². The van der Waals surface area contributed by atoms with E-state index in [1.807, 2.05) is 48.7 Å². The van der Waals surface area contributed by atoms with Gasteiger partial charge < -0.3 is 20.1 Å². The van der Waals surface area contributed by atoms with Crippen molar-refractivity contribution in [3.05, 3.63) is 107 Å². The number of hydrogen-bond donors (Lipinski definition) is 2. The van der Waals surface area contributed by atoms with E-state index >= 15 is 0 Å². The second kappa shape index (κ2) is 10.2. The molecule has 6 nitrogen and oxygen atoms in total. The summed E-state index contributed by atoms with van der Waals surface area (Å²) in [7, 11) is 0. The van der Waals surface area contributed by atoms with E-state index in [4.69, 9.17) is 12.2 Å². The highest BCUT2D eigenvalue weighted by molar-refractivity contribution is 7.80. The third-order valence-corrected chi connectivity index (χ3v) is 7.27. The maximum absolute atomic E-state index is 11.5. The molecule has 0 aliphatic carbocycles. The molecule has 2 atom stereocenters. The van der Waals surface area contributed by atoms with E-state index < -0.39 is 0 Å². The average molecular weight is 510 g/mol. The summed E-state index contributed by atoms with van der Waals surface area (Å²) in [6.45, 7) is 8.00. The molecule has 1 saturated heterocycles. The molecule has 0 bridgehead atoms. The fourth-order valence-electron chi connectivity index (χ4n) is 5.22. The first kappa shape index (κ1) is 24.7. The summed E-state index contributed by atoms with van der Waals surface area (Å²) in [6, 6.07) is 24.6. The number of nitrogens with one attached hydrogen (secondary N) is 2. The second-order valence-corrected chi connectivity index (χ2v) is 9.79. The number of anilines is 2. The molecule has 1 fully saturated rings. The molecule has 4 aromatic rings. The minimum atomic E-state index is -0.125. The van der Waals surface area contributed by atoms with Crippen LogP contribution in [0.25, 0.3) is 5.69 Å². The third-order valence-electron chi connectivity index (χ3n) is 6.96. The van der Waals surface area contributed by atoms with Gasteiger partial charge in [0, 0.05) is 41.6 Å². The Kier molecular flexibility index (Phi) is 6.80. The molecule has 2 aromatic heterocycles. The van der Waals surface area contributed by atoms with Crippen LogP contribution in [0.2, 0.25) is 0 Å². The fraction of sp³-hybridized carbons (Fsp3) is 0.233. The molecule has 2 N–H and O–H groups in total. The Labute approximate surface area is 223 Å². The molecule has 0 unspecified atom stereocenters. The summed E-state index contributed by atoms with van der Waals surface area (Å²) in [5, 5.41) is 7.02. The van der Waals surface area contributed by atoms with E-state index in [0.29, 0.717) is 5.11 Å². The Morgan fingerprint density at radius 3 is 2.35 bits per heavy atom. The molecule has 3 heterocycles. The van der Waals surface area contributed by atoms with Crippen LogP contribution in [-0.4, -0.2) is 20.6 Å². The van der Waals surface area contributed by atoms with E-state index in [1.54, 1.807) is 0 Å². The topological polar surface area (TPSA) is 62.2 Å². The zero-order valence-corrected chi connectivity index (χ0v) is 22.3. The molecule has 0 saturated carbocycles. The van der Waals surface area contributed by atoms with Gasteiger partial charge in [-0.1, -0.05) is 25.1 Å². The standard InChI is InChI=1S/C30H31N5OS/c1-5-22-9-13-24(14-10-22)34-19(2)18-26(20(34)3)29-28(27-8-6-7-17-31-27)33-30(37)35(29)25-15-11-23(12-16-25)32-21(4)36/h6-18,28-29H,5H2,1-4H3,(H,32,36)(H,33,37)/t28-,29+/m1/s1. The van der Waals surface area contributed by atoms with Crippen molar-refractivity contribution in [2.24, 2.45) is 0 Å². The van der Waals surface area contributed by atoms with Gasteiger partial charge in [0.15, 0.2) is 5.11 Å². The molecule has 1 aliphatic heterocycles. The highest BCUT2D eigenvalue weighted by Crippen LogP contribution is 2.43. The first-order chi connectivity index (χ1) is 17.9. The highest BCUT2D eigenvalue weighted by atomic mass is 32.1. The van der Waals surface area contributed by atoms with Crippen LogP contribution < -0.4 is 15.5 Å². The third kappa shape index (κ3) is 4.74. The Balaban J connectivity index is 1.61. The predicted molar refractivity (Wildman–Crippen MR) is 153 cm³/mol. The molecule has 5 rings (SSSR count). The van der Waals surface area contributed by atoms with Crippen molar-refractivity contribution in [3.63, 3.8) is 0 Å². The molecular formula is C30H31N5OS. The molecule has 7 heteroatoms. The van der Waals surface area contributed by atoms with Crippen LogP contribution in [0.3, 0.4) is 0 Å². The number of thiocarbonyl (C=S) groups is 1. The second-order valence-electron chi connectivity index (χ2n) is 9.41. The normalized spacial score (nSPS) is 17.1. The van der Waals surface area contributed by atoms with Crippen molar-refractivity contribution in [1.82, 2.24) is 14.9 Å². The zero-order valence-electron chi connectivity index (χ0n) is 21.5. The number of nitrogens with zero attached hydrogens (tertiary/aromatic N) is 3. The van der Waals surface area contributed by atoms with Crippen molar-refractivity contribution in [2.75, 3.05) is 10.2 Å². The summed E-state index contributed by atoms with van der Waals surface area (Å²) in [6.07, 6.45) is 2.84. The molecule has 1 aliphatic rings. The lowest BCUT2D eigenvalue weighted by molar-refractivity contribution is -0.114. The molecule has 37 heavy (non-hydrogen) atoms. The van der Waals surface area contributed by atoms with Gasteiger partial charge >= 0.3 is 0 Å². The zero-order chi connectivity index (χ0) is 26.1. The van der Waals surface area contributed by atoms with Gasteiger partial charge in [-0.15, -0.1) is 0 Å². The lowest BCUT2D eigenvalue weighted by Gasteiger charge is -2.28. The number of benzene rings is 2. The van der Waals surface area contributed by atoms with Gasteiger partial charge in [-0.25, -0.2) is 0 Å². The number of amides is 1. The first-order valence-corrected chi connectivity index (χ1v) is 12.9. The van der Waals surface area contributed by atoms with Crippen molar-refractivity contribution >= 4 is 34.6 Å². The molecular weight excluding hydrogens is 478 g/mol. The van der Waals surface area contributed by atoms with E-state index in [0.717, 1.165) is 34.9 Å². The summed E-state index contributed by atoms with van der Waals surface area (Å²) in [5.74, 6) is -0.0985. The number of aryl methyl sites for hydroxylation is 2. The molecule has 0 radical (unpaired) electrons. The SMILES string of the molecule is CCc1ccc(-n2c(C)cc([C@H]3[C@@H](c4ccccn4)NC(=S)N3c3ccc(NC(C)=O)cc3)c2C)cc1. The van der Waals surface area contributed by atoms with Gasteiger partial charge in [-0.3, -0.25) is 9.78 Å². The van der Waals surface area contributed by atoms with Crippen molar-refractivity contribution in [3.8, 4) is 5.69 Å². The van der Waals surface area contributed by atoms with Gasteiger partial charge in [-0.05, 0) is 98.2 Å². The lowest BCUT2D eigenvalue weighted by Crippen LogP contribution is -2.29. The van der Waals surface area contributed by atoms with Crippen LogP contribution in [0, 0.1) is 13.8 Å². The van der Waals surface area contributed by atoms with Crippen LogP contribution in [0.15, 0.2) is 79.0 Å².